The van der Waals surface area contributed by atoms with Gasteiger partial charge in [-0.3, -0.25) is 4.90 Å². The lowest BCUT2D eigenvalue weighted by molar-refractivity contribution is 0.135. The molecule has 1 atom stereocenters. The van der Waals surface area contributed by atoms with Crippen molar-refractivity contribution in [1.82, 2.24) is 14.9 Å². The van der Waals surface area contributed by atoms with Gasteiger partial charge in [0.25, 0.3) is 0 Å². The largest absolute Gasteiger partial charge is 0.396 e. The van der Waals surface area contributed by atoms with Crippen molar-refractivity contribution in [2.24, 2.45) is 0 Å². The van der Waals surface area contributed by atoms with E-state index < -0.39 is 0 Å². The van der Waals surface area contributed by atoms with Crippen molar-refractivity contribution in [2.45, 2.75) is 38.9 Å². The number of halogens is 1. The third-order valence-electron chi connectivity index (χ3n) is 4.73. The number of nitrogens with zero attached hydrogens (tertiary/aromatic N) is 4. The zero-order valence-electron chi connectivity index (χ0n) is 16.0. The van der Waals surface area contributed by atoms with Crippen LogP contribution in [0.4, 0.5) is 16.2 Å². The number of piperazine rings is 1. The molecule has 0 bridgehead atoms. The minimum absolute atomic E-state index is 0.133. The normalized spacial score (nSPS) is 18.1. The summed E-state index contributed by atoms with van der Waals surface area (Å²) in [6, 6.07) is 9.01. The molecule has 1 aromatic carbocycles. The maximum Gasteiger partial charge on any atom is 0.227 e. The first-order chi connectivity index (χ1) is 13.0. The van der Waals surface area contributed by atoms with Gasteiger partial charge in [0, 0.05) is 51.1 Å². The summed E-state index contributed by atoms with van der Waals surface area (Å²) in [5, 5.41) is 12.8. The SMILES string of the molecule is CC(C)Nc1ccnc(N2CCN(Cc3ccc(F)cc3)C(CCO)C2)n1. The Morgan fingerprint density at radius 3 is 2.70 bits per heavy atom. The van der Waals surface area contributed by atoms with Gasteiger partial charge in [-0.15, -0.1) is 0 Å². The molecular formula is C20H28FN5O. The smallest absolute Gasteiger partial charge is 0.227 e. The lowest BCUT2D eigenvalue weighted by atomic mass is 10.1. The Labute approximate surface area is 160 Å². The van der Waals surface area contributed by atoms with E-state index in [4.69, 9.17) is 0 Å². The Balaban J connectivity index is 1.69. The molecule has 2 N–H and O–H groups in total. The predicted octanol–water partition coefficient (Wildman–Crippen LogP) is 2.51. The average molecular weight is 373 g/mol. The molecule has 2 heterocycles. The summed E-state index contributed by atoms with van der Waals surface area (Å²) in [4.78, 5) is 13.6. The molecule has 27 heavy (non-hydrogen) atoms. The van der Waals surface area contributed by atoms with Crippen LogP contribution in [0, 0.1) is 5.82 Å². The number of nitrogens with one attached hydrogen (secondary N) is 1. The minimum atomic E-state index is -0.220. The first-order valence-electron chi connectivity index (χ1n) is 9.49. The zero-order chi connectivity index (χ0) is 19.2. The highest BCUT2D eigenvalue weighted by Gasteiger charge is 2.28. The van der Waals surface area contributed by atoms with Crippen LogP contribution in [0.3, 0.4) is 0 Å². The van der Waals surface area contributed by atoms with Crippen molar-refractivity contribution >= 4 is 11.8 Å². The fourth-order valence-electron chi connectivity index (χ4n) is 3.41. The Morgan fingerprint density at radius 1 is 1.22 bits per heavy atom. The molecule has 6 nitrogen and oxygen atoms in total. The molecular weight excluding hydrogens is 345 g/mol. The first-order valence-corrected chi connectivity index (χ1v) is 9.49. The molecule has 3 rings (SSSR count). The number of aliphatic hydroxyl groups is 1. The van der Waals surface area contributed by atoms with E-state index in [1.807, 2.05) is 18.2 Å². The molecule has 1 saturated heterocycles. The van der Waals surface area contributed by atoms with Crippen molar-refractivity contribution in [3.8, 4) is 0 Å². The Bertz CT molecular complexity index is 725. The van der Waals surface area contributed by atoms with Gasteiger partial charge in [-0.25, -0.2) is 9.37 Å². The summed E-state index contributed by atoms with van der Waals surface area (Å²) >= 11 is 0. The number of aromatic nitrogens is 2. The van der Waals surface area contributed by atoms with Crippen LogP contribution >= 0.6 is 0 Å². The second kappa shape index (κ2) is 9.10. The fraction of sp³-hybridized carbons (Fsp3) is 0.500. The molecule has 0 aliphatic carbocycles. The Hall–Kier alpha value is -2.25. The molecule has 2 aromatic rings. The van der Waals surface area contributed by atoms with E-state index in [1.165, 1.54) is 12.1 Å². The van der Waals surface area contributed by atoms with Crippen molar-refractivity contribution < 1.29 is 9.50 Å². The third kappa shape index (κ3) is 5.37. The summed E-state index contributed by atoms with van der Waals surface area (Å²) in [5.41, 5.74) is 1.08. The maximum atomic E-state index is 13.1. The predicted molar refractivity (Wildman–Crippen MR) is 105 cm³/mol. The molecule has 0 spiro atoms. The molecule has 0 saturated carbocycles. The highest BCUT2D eigenvalue weighted by Crippen LogP contribution is 2.21. The summed E-state index contributed by atoms with van der Waals surface area (Å²) in [5.74, 6) is 1.31. The summed E-state index contributed by atoms with van der Waals surface area (Å²) in [6.45, 7) is 7.44. The van der Waals surface area contributed by atoms with Gasteiger partial charge in [-0.1, -0.05) is 12.1 Å². The van der Waals surface area contributed by atoms with Crippen LogP contribution in [0.5, 0.6) is 0 Å². The van der Waals surface area contributed by atoms with E-state index in [0.29, 0.717) is 18.4 Å². The Kier molecular flexibility index (Phi) is 6.58. The van der Waals surface area contributed by atoms with Crippen LogP contribution in [0.1, 0.15) is 25.8 Å². The van der Waals surface area contributed by atoms with Crippen molar-refractivity contribution in [2.75, 3.05) is 36.5 Å². The van der Waals surface area contributed by atoms with Gasteiger partial charge in [0.05, 0.1) is 0 Å². The van der Waals surface area contributed by atoms with E-state index in [2.05, 4.69) is 38.9 Å². The van der Waals surface area contributed by atoms with E-state index in [0.717, 1.165) is 37.6 Å². The molecule has 1 aromatic heterocycles. The van der Waals surface area contributed by atoms with Gasteiger partial charge in [0.1, 0.15) is 11.6 Å². The van der Waals surface area contributed by atoms with Crippen LogP contribution in [-0.2, 0) is 6.54 Å². The highest BCUT2D eigenvalue weighted by molar-refractivity contribution is 5.42. The number of hydrogen-bond donors (Lipinski definition) is 2. The number of anilines is 2. The third-order valence-corrected chi connectivity index (χ3v) is 4.73. The molecule has 146 valence electrons. The van der Waals surface area contributed by atoms with E-state index in [1.54, 1.807) is 6.20 Å². The number of hydrogen-bond acceptors (Lipinski definition) is 6. The zero-order valence-corrected chi connectivity index (χ0v) is 16.0. The second-order valence-electron chi connectivity index (χ2n) is 7.25. The quantitative estimate of drug-likeness (QED) is 0.778. The highest BCUT2D eigenvalue weighted by atomic mass is 19.1. The minimum Gasteiger partial charge on any atom is -0.396 e. The lowest BCUT2D eigenvalue weighted by Gasteiger charge is -2.41. The van der Waals surface area contributed by atoms with E-state index >= 15 is 0 Å². The fourth-order valence-corrected chi connectivity index (χ4v) is 3.41. The second-order valence-corrected chi connectivity index (χ2v) is 7.25. The standard InChI is InChI=1S/C20H28FN5O/c1-15(2)23-19-7-9-22-20(24-19)26-11-10-25(18(14-26)8-12-27)13-16-3-5-17(21)6-4-16/h3-7,9,15,18,27H,8,10-14H2,1-2H3,(H,22,23,24). The molecule has 1 fully saturated rings. The summed E-state index contributed by atoms with van der Waals surface area (Å²) in [6.07, 6.45) is 2.46. The number of benzene rings is 1. The summed E-state index contributed by atoms with van der Waals surface area (Å²) in [7, 11) is 0. The van der Waals surface area contributed by atoms with Gasteiger partial charge in [-0.05, 0) is 44.0 Å². The van der Waals surface area contributed by atoms with Gasteiger partial charge >= 0.3 is 0 Å². The van der Waals surface area contributed by atoms with Gasteiger partial charge in [-0.2, -0.15) is 4.98 Å². The van der Waals surface area contributed by atoms with Gasteiger partial charge < -0.3 is 15.3 Å². The monoisotopic (exact) mass is 373 g/mol. The lowest BCUT2D eigenvalue weighted by Crippen LogP contribution is -2.53. The molecule has 0 amide bonds. The van der Waals surface area contributed by atoms with Crippen molar-refractivity contribution in [3.63, 3.8) is 0 Å². The maximum absolute atomic E-state index is 13.1. The first kappa shape index (κ1) is 19.5. The van der Waals surface area contributed by atoms with Crippen LogP contribution in [0.25, 0.3) is 0 Å². The summed E-state index contributed by atoms with van der Waals surface area (Å²) < 4.78 is 13.1. The van der Waals surface area contributed by atoms with Crippen molar-refractivity contribution in [3.05, 3.63) is 47.9 Å². The average Bonchev–Trinajstić information content (AvgIpc) is 2.65. The van der Waals surface area contributed by atoms with Gasteiger partial charge in [0.15, 0.2) is 0 Å². The molecule has 1 unspecified atom stereocenters. The van der Waals surface area contributed by atoms with Crippen LogP contribution in [-0.4, -0.2) is 58.3 Å². The molecule has 7 heteroatoms. The molecule has 1 aliphatic heterocycles. The molecule has 1 aliphatic rings. The van der Waals surface area contributed by atoms with Crippen LogP contribution < -0.4 is 10.2 Å². The molecule has 0 radical (unpaired) electrons. The number of rotatable bonds is 7. The topological polar surface area (TPSA) is 64.5 Å². The Morgan fingerprint density at radius 2 is 2.00 bits per heavy atom. The van der Waals surface area contributed by atoms with Crippen LogP contribution in [0.2, 0.25) is 0 Å². The number of aliphatic hydroxyl groups excluding tert-OH is 1. The van der Waals surface area contributed by atoms with E-state index in [-0.39, 0.29) is 18.5 Å². The van der Waals surface area contributed by atoms with E-state index in [9.17, 15) is 9.50 Å². The van der Waals surface area contributed by atoms with Crippen molar-refractivity contribution in [1.29, 1.82) is 0 Å². The van der Waals surface area contributed by atoms with Gasteiger partial charge in [0.2, 0.25) is 5.95 Å². The van der Waals surface area contributed by atoms with Crippen LogP contribution in [0.15, 0.2) is 36.5 Å².